The zero-order valence-corrected chi connectivity index (χ0v) is 17.6. The van der Waals surface area contributed by atoms with Gasteiger partial charge in [0.2, 0.25) is 5.91 Å². The first-order chi connectivity index (χ1) is 13.2. The molecule has 1 aliphatic carbocycles. The molecule has 0 spiro atoms. The highest BCUT2D eigenvalue weighted by Crippen LogP contribution is 2.47. The number of hydrogen-bond acceptors (Lipinski definition) is 5. The first-order valence-electron chi connectivity index (χ1n) is 11.0. The van der Waals surface area contributed by atoms with E-state index < -0.39 is 0 Å². The minimum atomic E-state index is -0.345. The summed E-state index contributed by atoms with van der Waals surface area (Å²) in [5, 5.41) is 9.45. The van der Waals surface area contributed by atoms with Gasteiger partial charge in [-0.25, -0.2) is 5.48 Å². The molecule has 2 heterocycles. The van der Waals surface area contributed by atoms with Crippen molar-refractivity contribution in [3.63, 3.8) is 0 Å². The van der Waals surface area contributed by atoms with E-state index in [1.165, 1.54) is 57.1 Å². The molecule has 2 saturated heterocycles. The molecule has 27 heavy (non-hydrogen) atoms. The smallest absolute Gasteiger partial charge is 0.243 e. The normalized spacial score (nSPS) is 31.9. The summed E-state index contributed by atoms with van der Waals surface area (Å²) in [5.74, 6) is 2.29. The van der Waals surface area contributed by atoms with Gasteiger partial charge in [-0.3, -0.25) is 10.0 Å². The number of thioether (sulfide) groups is 1. The number of rotatable bonds is 11. The van der Waals surface area contributed by atoms with Crippen molar-refractivity contribution in [2.75, 3.05) is 12.4 Å². The Bertz CT molecular complexity index is 457. The third-order valence-corrected chi connectivity index (χ3v) is 8.12. The van der Waals surface area contributed by atoms with Crippen molar-refractivity contribution in [1.82, 2.24) is 5.48 Å². The van der Waals surface area contributed by atoms with E-state index in [9.17, 15) is 4.79 Å². The van der Waals surface area contributed by atoms with Gasteiger partial charge >= 0.3 is 0 Å². The van der Waals surface area contributed by atoms with Gasteiger partial charge in [-0.2, -0.15) is 11.8 Å². The lowest BCUT2D eigenvalue weighted by molar-refractivity contribution is -0.129. The predicted molar refractivity (Wildman–Crippen MR) is 108 cm³/mol. The number of carbonyl (C=O) groups excluding carboxylic acids is 1. The van der Waals surface area contributed by atoms with Gasteiger partial charge in [0.15, 0.2) is 0 Å². The number of hydrogen-bond donors (Lipinski definition) is 2. The number of ether oxygens (including phenoxy) is 2. The second kappa shape index (κ2) is 11.0. The summed E-state index contributed by atoms with van der Waals surface area (Å²) in [7, 11) is 0. The molecule has 5 unspecified atom stereocenters. The highest BCUT2D eigenvalue weighted by atomic mass is 32.2. The minimum Gasteiger partial charge on any atom is -0.378 e. The van der Waals surface area contributed by atoms with Gasteiger partial charge in [-0.1, -0.05) is 19.3 Å². The largest absolute Gasteiger partial charge is 0.378 e. The van der Waals surface area contributed by atoms with E-state index in [1.54, 1.807) is 5.48 Å². The fourth-order valence-electron chi connectivity index (χ4n) is 5.15. The van der Waals surface area contributed by atoms with Crippen molar-refractivity contribution in [2.45, 2.75) is 101 Å². The zero-order valence-electron chi connectivity index (χ0n) is 16.7. The lowest BCUT2D eigenvalue weighted by atomic mass is 9.76. The van der Waals surface area contributed by atoms with E-state index >= 15 is 0 Å². The van der Waals surface area contributed by atoms with E-state index in [0.29, 0.717) is 36.9 Å². The van der Waals surface area contributed by atoms with Crippen LogP contribution in [0.3, 0.4) is 0 Å². The highest BCUT2D eigenvalue weighted by molar-refractivity contribution is 7.99. The number of carbonyl (C=O) groups is 1. The van der Waals surface area contributed by atoms with Crippen molar-refractivity contribution in [3.05, 3.63) is 0 Å². The summed E-state index contributed by atoms with van der Waals surface area (Å²) in [5.41, 5.74) is 1.68. The van der Waals surface area contributed by atoms with Crippen LogP contribution < -0.4 is 5.48 Å². The maximum absolute atomic E-state index is 11.1. The van der Waals surface area contributed by atoms with E-state index in [-0.39, 0.29) is 12.0 Å². The summed E-state index contributed by atoms with van der Waals surface area (Å²) in [4.78, 5) is 11.1. The quantitative estimate of drug-likeness (QED) is 0.400. The Balaban J connectivity index is 1.35. The first-order valence-corrected chi connectivity index (χ1v) is 12.0. The molecule has 1 saturated carbocycles. The van der Waals surface area contributed by atoms with Crippen LogP contribution in [0.4, 0.5) is 0 Å². The molecule has 0 aromatic heterocycles. The molecule has 0 aromatic carbocycles. The van der Waals surface area contributed by atoms with Gasteiger partial charge in [0.05, 0.1) is 18.3 Å². The van der Waals surface area contributed by atoms with Crippen LogP contribution in [-0.4, -0.2) is 47.0 Å². The van der Waals surface area contributed by atoms with Crippen molar-refractivity contribution >= 4 is 17.7 Å². The second-order valence-corrected chi connectivity index (χ2v) is 9.99. The molecule has 3 rings (SSSR count). The molecule has 156 valence electrons. The van der Waals surface area contributed by atoms with Crippen LogP contribution in [0.5, 0.6) is 0 Å². The molecule has 1 amide bonds. The molecule has 3 fully saturated rings. The van der Waals surface area contributed by atoms with Crippen LogP contribution in [0, 0.1) is 11.8 Å². The van der Waals surface area contributed by atoms with Crippen molar-refractivity contribution < 1.29 is 19.5 Å². The number of amides is 1. The van der Waals surface area contributed by atoms with Crippen molar-refractivity contribution in [3.8, 4) is 0 Å². The number of nitrogens with one attached hydrogen (secondary N) is 1. The van der Waals surface area contributed by atoms with Crippen LogP contribution in [0.25, 0.3) is 0 Å². The molecular weight excluding hydrogens is 362 g/mol. The molecule has 2 bridgehead atoms. The Labute approximate surface area is 168 Å². The molecule has 5 nitrogen and oxygen atoms in total. The summed E-state index contributed by atoms with van der Waals surface area (Å²) < 4.78 is 12.2. The highest BCUT2D eigenvalue weighted by Gasteiger charge is 2.47. The standard InChI is InChI=1S/C21H37NO4S/c1-15(7-10-21(23)22-24)25-13-11-17-18(20-9-8-19(17)26-20)12-14-27-16-5-3-2-4-6-16/h15-20,24H,2-14H2,1H3,(H,22,23). The number of hydroxylamine groups is 1. The fourth-order valence-corrected chi connectivity index (χ4v) is 6.56. The molecular formula is C21H37NO4S. The van der Waals surface area contributed by atoms with Gasteiger partial charge in [0.25, 0.3) is 0 Å². The van der Waals surface area contributed by atoms with E-state index in [1.807, 2.05) is 6.92 Å². The number of fused-ring (bicyclic) bond motifs is 2. The molecule has 0 radical (unpaired) electrons. The topological polar surface area (TPSA) is 67.8 Å². The van der Waals surface area contributed by atoms with E-state index in [0.717, 1.165) is 18.3 Å². The lowest BCUT2D eigenvalue weighted by Gasteiger charge is -2.29. The van der Waals surface area contributed by atoms with Crippen LogP contribution in [0.1, 0.15) is 77.6 Å². The van der Waals surface area contributed by atoms with Gasteiger partial charge in [0, 0.05) is 18.3 Å². The summed E-state index contributed by atoms with van der Waals surface area (Å²) in [6, 6.07) is 0. The average molecular weight is 400 g/mol. The van der Waals surface area contributed by atoms with Crippen molar-refractivity contribution in [2.24, 2.45) is 11.8 Å². The minimum absolute atomic E-state index is 0.0436. The molecule has 5 atom stereocenters. The van der Waals surface area contributed by atoms with Gasteiger partial charge in [-0.15, -0.1) is 0 Å². The van der Waals surface area contributed by atoms with Crippen LogP contribution >= 0.6 is 11.8 Å². The Morgan fingerprint density at radius 1 is 1.15 bits per heavy atom. The molecule has 3 aliphatic rings. The molecule has 2 aliphatic heterocycles. The van der Waals surface area contributed by atoms with Crippen molar-refractivity contribution in [1.29, 1.82) is 0 Å². The second-order valence-electron chi connectivity index (χ2n) is 8.58. The van der Waals surface area contributed by atoms with Crippen LogP contribution in [-0.2, 0) is 14.3 Å². The molecule has 0 aromatic rings. The van der Waals surface area contributed by atoms with Gasteiger partial charge in [-0.05, 0) is 69.5 Å². The fraction of sp³-hybridized carbons (Fsp3) is 0.952. The van der Waals surface area contributed by atoms with E-state index in [4.69, 9.17) is 14.7 Å². The lowest BCUT2D eigenvalue weighted by Crippen LogP contribution is -2.29. The average Bonchev–Trinajstić information content (AvgIpc) is 3.29. The Kier molecular flexibility index (Phi) is 8.75. The Morgan fingerprint density at radius 2 is 1.85 bits per heavy atom. The van der Waals surface area contributed by atoms with Crippen LogP contribution in [0.15, 0.2) is 0 Å². The monoisotopic (exact) mass is 399 g/mol. The Morgan fingerprint density at radius 3 is 2.56 bits per heavy atom. The maximum Gasteiger partial charge on any atom is 0.243 e. The maximum atomic E-state index is 11.1. The first kappa shape index (κ1) is 21.4. The third kappa shape index (κ3) is 6.34. The SMILES string of the molecule is CC(CCC(=O)NO)OCCC1C2CCC(O2)C1CCSC1CCCCC1. The zero-order chi connectivity index (χ0) is 19.1. The van der Waals surface area contributed by atoms with Gasteiger partial charge in [0.1, 0.15) is 0 Å². The Hall–Kier alpha value is -0.300. The summed E-state index contributed by atoms with van der Waals surface area (Å²) in [6.07, 6.45) is 13.8. The summed E-state index contributed by atoms with van der Waals surface area (Å²) in [6.45, 7) is 2.74. The van der Waals surface area contributed by atoms with Crippen LogP contribution in [0.2, 0.25) is 0 Å². The molecule has 2 N–H and O–H groups in total. The predicted octanol–water partition coefficient (Wildman–Crippen LogP) is 4.32. The molecule has 6 heteroatoms. The third-order valence-electron chi connectivity index (χ3n) is 6.70. The van der Waals surface area contributed by atoms with E-state index in [2.05, 4.69) is 11.8 Å². The van der Waals surface area contributed by atoms with Gasteiger partial charge < -0.3 is 9.47 Å². The summed E-state index contributed by atoms with van der Waals surface area (Å²) >= 11 is 2.21.